The maximum atomic E-state index is 13.5. The Bertz CT molecular complexity index is 1110. The lowest BCUT2D eigenvalue weighted by molar-refractivity contribution is -0.142. The van der Waals surface area contributed by atoms with Crippen molar-refractivity contribution in [3.8, 4) is 5.75 Å². The third kappa shape index (κ3) is 8.30. The molecular formula is C28H30Cl2N2O3. The lowest BCUT2D eigenvalue weighted by Crippen LogP contribution is -2.52. The Hall–Kier alpha value is -3.02. The van der Waals surface area contributed by atoms with E-state index in [1.165, 1.54) is 0 Å². The molecule has 0 aliphatic rings. The summed E-state index contributed by atoms with van der Waals surface area (Å²) in [5, 5.41) is 3.79. The molecule has 2 amide bonds. The first-order valence-electron chi connectivity index (χ1n) is 11.6. The summed E-state index contributed by atoms with van der Waals surface area (Å²) in [5.41, 5.74) is 1.88. The number of benzene rings is 3. The summed E-state index contributed by atoms with van der Waals surface area (Å²) >= 11 is 12.2. The number of hydrogen-bond donors (Lipinski definition) is 1. The Morgan fingerprint density at radius 3 is 2.14 bits per heavy atom. The van der Waals surface area contributed by atoms with Crippen molar-refractivity contribution in [2.45, 2.75) is 32.9 Å². The quantitative estimate of drug-likeness (QED) is 0.354. The van der Waals surface area contributed by atoms with E-state index in [0.717, 1.165) is 11.1 Å². The second kappa shape index (κ2) is 13.2. The van der Waals surface area contributed by atoms with Gasteiger partial charge in [0.05, 0.1) is 5.02 Å². The molecule has 0 fully saturated rings. The number of carbonyl (C=O) groups is 2. The van der Waals surface area contributed by atoms with Gasteiger partial charge in [-0.1, -0.05) is 97.7 Å². The molecular weight excluding hydrogens is 483 g/mol. The minimum Gasteiger partial charge on any atom is -0.482 e. The fourth-order valence-corrected chi connectivity index (χ4v) is 4.03. The van der Waals surface area contributed by atoms with E-state index in [1.807, 2.05) is 74.5 Å². The van der Waals surface area contributed by atoms with Crippen LogP contribution >= 0.6 is 23.2 Å². The number of rotatable bonds is 11. The Labute approximate surface area is 217 Å². The van der Waals surface area contributed by atoms with Crippen molar-refractivity contribution in [1.29, 1.82) is 0 Å². The SMILES string of the molecule is CC(C)CNC(=O)C(Cc1ccccc1)N(Cc1ccccc1)C(=O)COc1ccc(Cl)cc1Cl. The van der Waals surface area contributed by atoms with Gasteiger partial charge in [0.25, 0.3) is 5.91 Å². The summed E-state index contributed by atoms with van der Waals surface area (Å²) in [6.45, 7) is 4.58. The summed E-state index contributed by atoms with van der Waals surface area (Å²) in [5.74, 6) is 0.120. The zero-order chi connectivity index (χ0) is 25.2. The van der Waals surface area contributed by atoms with Crippen LogP contribution in [0.25, 0.3) is 0 Å². The summed E-state index contributed by atoms with van der Waals surface area (Å²) in [6, 6.07) is 23.4. The normalized spacial score (nSPS) is 11.7. The highest BCUT2D eigenvalue weighted by Crippen LogP contribution is 2.27. The lowest BCUT2D eigenvalue weighted by atomic mass is 10.0. The van der Waals surface area contributed by atoms with Crippen molar-refractivity contribution in [3.05, 3.63) is 100 Å². The van der Waals surface area contributed by atoms with Crippen molar-refractivity contribution in [1.82, 2.24) is 10.2 Å². The van der Waals surface area contributed by atoms with Crippen LogP contribution in [-0.2, 0) is 22.6 Å². The number of hydrogen-bond acceptors (Lipinski definition) is 3. The van der Waals surface area contributed by atoms with Gasteiger partial charge in [0, 0.05) is 24.5 Å². The van der Waals surface area contributed by atoms with Gasteiger partial charge in [-0.25, -0.2) is 0 Å². The van der Waals surface area contributed by atoms with Crippen LogP contribution in [-0.4, -0.2) is 35.9 Å². The topological polar surface area (TPSA) is 58.6 Å². The molecule has 1 N–H and O–H groups in total. The van der Waals surface area contributed by atoms with Crippen LogP contribution in [0.5, 0.6) is 5.75 Å². The summed E-state index contributed by atoms with van der Waals surface area (Å²) in [7, 11) is 0. The van der Waals surface area contributed by atoms with E-state index < -0.39 is 6.04 Å². The minimum atomic E-state index is -0.715. The van der Waals surface area contributed by atoms with Gasteiger partial charge in [-0.05, 0) is 35.2 Å². The predicted molar refractivity (Wildman–Crippen MR) is 141 cm³/mol. The molecule has 1 atom stereocenters. The highest BCUT2D eigenvalue weighted by Gasteiger charge is 2.30. The van der Waals surface area contributed by atoms with Gasteiger partial charge in [-0.3, -0.25) is 9.59 Å². The van der Waals surface area contributed by atoms with E-state index in [0.29, 0.717) is 28.8 Å². The Balaban J connectivity index is 1.88. The van der Waals surface area contributed by atoms with Crippen molar-refractivity contribution in [2.75, 3.05) is 13.2 Å². The molecule has 35 heavy (non-hydrogen) atoms. The fourth-order valence-electron chi connectivity index (χ4n) is 3.57. The van der Waals surface area contributed by atoms with Crippen LogP contribution < -0.4 is 10.1 Å². The molecule has 3 aromatic rings. The molecule has 0 saturated heterocycles. The zero-order valence-electron chi connectivity index (χ0n) is 19.9. The molecule has 3 aromatic carbocycles. The molecule has 0 bridgehead atoms. The molecule has 3 rings (SSSR count). The maximum Gasteiger partial charge on any atom is 0.261 e. The maximum absolute atomic E-state index is 13.5. The van der Waals surface area contributed by atoms with Gasteiger partial charge in [-0.15, -0.1) is 0 Å². The second-order valence-electron chi connectivity index (χ2n) is 8.72. The number of amides is 2. The van der Waals surface area contributed by atoms with E-state index in [4.69, 9.17) is 27.9 Å². The van der Waals surface area contributed by atoms with Gasteiger partial charge < -0.3 is 15.0 Å². The number of halogens is 2. The molecule has 0 heterocycles. The van der Waals surface area contributed by atoms with Crippen molar-refractivity contribution < 1.29 is 14.3 Å². The van der Waals surface area contributed by atoms with Gasteiger partial charge in [-0.2, -0.15) is 0 Å². The van der Waals surface area contributed by atoms with Gasteiger partial charge in [0.1, 0.15) is 11.8 Å². The molecule has 0 aliphatic heterocycles. The number of carbonyl (C=O) groups excluding carboxylic acids is 2. The first-order chi connectivity index (χ1) is 16.8. The standard InChI is InChI=1S/C28H30Cl2N2O3/c1-20(2)17-31-28(34)25(15-21-9-5-3-6-10-21)32(18-22-11-7-4-8-12-22)27(33)19-35-26-14-13-23(29)16-24(26)30/h3-14,16,20,25H,15,17-19H2,1-2H3,(H,31,34). The molecule has 7 heteroatoms. The van der Waals surface area contributed by atoms with Crippen molar-refractivity contribution >= 4 is 35.0 Å². The van der Waals surface area contributed by atoms with Gasteiger partial charge in [0.15, 0.2) is 6.61 Å². The van der Waals surface area contributed by atoms with E-state index in [1.54, 1.807) is 23.1 Å². The average Bonchev–Trinajstić information content (AvgIpc) is 2.85. The lowest BCUT2D eigenvalue weighted by Gasteiger charge is -2.31. The van der Waals surface area contributed by atoms with Gasteiger partial charge in [0.2, 0.25) is 5.91 Å². The van der Waals surface area contributed by atoms with Gasteiger partial charge >= 0.3 is 0 Å². The van der Waals surface area contributed by atoms with E-state index in [2.05, 4.69) is 5.32 Å². The van der Waals surface area contributed by atoms with Crippen LogP contribution in [0, 0.1) is 5.92 Å². The molecule has 1 unspecified atom stereocenters. The van der Waals surface area contributed by atoms with E-state index >= 15 is 0 Å². The molecule has 0 radical (unpaired) electrons. The highest BCUT2D eigenvalue weighted by molar-refractivity contribution is 6.35. The summed E-state index contributed by atoms with van der Waals surface area (Å²) in [4.78, 5) is 28.5. The Morgan fingerprint density at radius 2 is 1.54 bits per heavy atom. The summed E-state index contributed by atoms with van der Waals surface area (Å²) < 4.78 is 5.74. The number of ether oxygens (including phenoxy) is 1. The van der Waals surface area contributed by atoms with Crippen LogP contribution in [0.15, 0.2) is 78.9 Å². The molecule has 184 valence electrons. The minimum absolute atomic E-state index is 0.198. The monoisotopic (exact) mass is 512 g/mol. The van der Waals surface area contributed by atoms with Crippen LogP contribution in [0.4, 0.5) is 0 Å². The first kappa shape index (κ1) is 26.6. The van der Waals surface area contributed by atoms with Crippen LogP contribution in [0.1, 0.15) is 25.0 Å². The third-order valence-electron chi connectivity index (χ3n) is 5.40. The van der Waals surface area contributed by atoms with E-state index in [9.17, 15) is 9.59 Å². The molecule has 0 spiro atoms. The number of nitrogens with one attached hydrogen (secondary N) is 1. The largest absolute Gasteiger partial charge is 0.482 e. The Kier molecular flexibility index (Phi) is 10.0. The van der Waals surface area contributed by atoms with Crippen LogP contribution in [0.3, 0.4) is 0 Å². The molecule has 0 aromatic heterocycles. The van der Waals surface area contributed by atoms with Crippen LogP contribution in [0.2, 0.25) is 10.0 Å². The molecule has 0 aliphatic carbocycles. The molecule has 0 saturated carbocycles. The van der Waals surface area contributed by atoms with Crippen molar-refractivity contribution in [3.63, 3.8) is 0 Å². The predicted octanol–water partition coefficient (Wildman–Crippen LogP) is 5.78. The zero-order valence-corrected chi connectivity index (χ0v) is 21.4. The highest BCUT2D eigenvalue weighted by atomic mass is 35.5. The second-order valence-corrected chi connectivity index (χ2v) is 9.56. The van der Waals surface area contributed by atoms with E-state index in [-0.39, 0.29) is 30.9 Å². The summed E-state index contributed by atoms with van der Waals surface area (Å²) in [6.07, 6.45) is 0.380. The molecule has 5 nitrogen and oxygen atoms in total. The first-order valence-corrected chi connectivity index (χ1v) is 12.3. The smallest absolute Gasteiger partial charge is 0.261 e. The Morgan fingerprint density at radius 1 is 0.914 bits per heavy atom. The average molecular weight is 513 g/mol. The third-order valence-corrected chi connectivity index (χ3v) is 5.93. The van der Waals surface area contributed by atoms with Crippen molar-refractivity contribution in [2.24, 2.45) is 5.92 Å². The number of nitrogens with zero attached hydrogens (tertiary/aromatic N) is 1. The fraction of sp³-hybridized carbons (Fsp3) is 0.286.